The van der Waals surface area contributed by atoms with Crippen molar-refractivity contribution in [2.75, 3.05) is 74.2 Å². The van der Waals surface area contributed by atoms with Gasteiger partial charge in [0.1, 0.15) is 23.0 Å². The number of unbranched alkanes of at least 4 members (excludes halogenated alkanes) is 12. The molecule has 4 aromatic rings. The van der Waals surface area contributed by atoms with Crippen LogP contribution in [-0.4, -0.2) is 116 Å². The Bertz CT molecular complexity index is 3280. The van der Waals surface area contributed by atoms with Crippen molar-refractivity contribution in [2.24, 2.45) is 0 Å². The number of hydrogen-bond acceptors (Lipinski definition) is 18. The van der Waals surface area contributed by atoms with Crippen LogP contribution in [0.15, 0.2) is 104 Å². The monoisotopic (exact) mass is 1400 g/mol. The third kappa shape index (κ3) is 34.5. The van der Waals surface area contributed by atoms with Crippen LogP contribution in [0.25, 0.3) is 0 Å². The summed E-state index contributed by atoms with van der Waals surface area (Å²) in [6.07, 6.45) is 31.3. The van der Waals surface area contributed by atoms with Crippen molar-refractivity contribution in [2.45, 2.75) is 214 Å². The van der Waals surface area contributed by atoms with E-state index >= 15 is 0 Å². The number of benzene rings is 4. The molecule has 0 aliphatic carbocycles. The number of aryl methyl sites for hydroxylation is 5. The van der Waals surface area contributed by atoms with Crippen LogP contribution in [0.2, 0.25) is 0 Å². The van der Waals surface area contributed by atoms with Gasteiger partial charge in [0, 0.05) is 87.5 Å². The normalized spacial score (nSPS) is 11.2. The maximum absolute atomic E-state index is 12.8. The Hall–Kier alpha value is -8.67. The second kappa shape index (κ2) is 51.5. The molecule has 101 heavy (non-hydrogen) atoms. The van der Waals surface area contributed by atoms with E-state index in [0.717, 1.165) is 233 Å². The molecule has 18 nitrogen and oxygen atoms in total. The van der Waals surface area contributed by atoms with E-state index in [1.165, 1.54) is 32.5 Å². The molecule has 4 rings (SSSR count). The molecule has 0 unspecified atom stereocenters. The highest BCUT2D eigenvalue weighted by atomic mass is 16.6. The average molecular weight is 1400 g/mol. The summed E-state index contributed by atoms with van der Waals surface area (Å²) in [4.78, 5) is 85.4. The Morgan fingerprint density at radius 3 is 0.921 bits per heavy atom. The fraction of sp³-hybridized carbons (Fsp3) is 0.530. The molecule has 18 heteroatoms. The molecule has 4 aromatic carbocycles. The fourth-order valence-corrected chi connectivity index (χ4v) is 11.5. The van der Waals surface area contributed by atoms with Gasteiger partial charge < -0.3 is 52.1 Å². The van der Waals surface area contributed by atoms with Crippen LogP contribution in [0.3, 0.4) is 0 Å². The molecule has 0 aromatic heterocycles. The number of carbonyl (C=O) groups is 7. The van der Waals surface area contributed by atoms with Crippen LogP contribution in [0, 0.1) is 0 Å². The van der Waals surface area contributed by atoms with Gasteiger partial charge in [-0.05, 0) is 125 Å². The summed E-state index contributed by atoms with van der Waals surface area (Å²) in [5.41, 5.74) is 11.4. The first kappa shape index (κ1) is 84.7. The molecule has 0 saturated heterocycles. The van der Waals surface area contributed by atoms with Crippen LogP contribution in [0.5, 0.6) is 23.0 Å². The minimum atomic E-state index is -0.693. The average Bonchev–Trinajstić information content (AvgIpc) is 0.790. The van der Waals surface area contributed by atoms with E-state index in [-0.39, 0.29) is 46.2 Å². The highest BCUT2D eigenvalue weighted by molar-refractivity contribution is 5.92. The van der Waals surface area contributed by atoms with Gasteiger partial charge in [-0.25, -0.2) is 33.6 Å². The highest BCUT2D eigenvalue weighted by Crippen LogP contribution is 2.40. The van der Waals surface area contributed by atoms with Crippen molar-refractivity contribution < 1.29 is 85.7 Å². The van der Waals surface area contributed by atoms with E-state index in [0.29, 0.717) is 68.8 Å². The van der Waals surface area contributed by atoms with Gasteiger partial charge in [0.25, 0.3) is 0 Å². The van der Waals surface area contributed by atoms with E-state index in [4.69, 9.17) is 37.9 Å². The number of hydrogen-bond donors (Lipinski definition) is 0. The van der Waals surface area contributed by atoms with Gasteiger partial charge in [0.2, 0.25) is 0 Å². The molecule has 0 aliphatic rings. The lowest BCUT2D eigenvalue weighted by Gasteiger charge is -2.23. The lowest BCUT2D eigenvalue weighted by atomic mass is 9.89. The molecule has 554 valence electrons. The first-order chi connectivity index (χ1) is 49.1. The van der Waals surface area contributed by atoms with Crippen molar-refractivity contribution in [3.63, 3.8) is 0 Å². The number of ether oxygens (including phenoxy) is 11. The first-order valence-electron chi connectivity index (χ1n) is 36.8. The summed E-state index contributed by atoms with van der Waals surface area (Å²) in [5, 5.41) is 0. The molecule has 0 heterocycles. The summed E-state index contributed by atoms with van der Waals surface area (Å²) in [6, 6.07) is 20.0. The quantitative estimate of drug-likeness (QED) is 0.0173. The molecule has 0 fully saturated rings. The lowest BCUT2D eigenvalue weighted by molar-refractivity contribution is -0.139. The Balaban J connectivity index is 2.06. The second-order valence-corrected chi connectivity index (χ2v) is 25.0. The van der Waals surface area contributed by atoms with Gasteiger partial charge >= 0.3 is 41.8 Å². The van der Waals surface area contributed by atoms with Crippen LogP contribution in [0.4, 0.5) is 0 Å². The molecule has 0 aliphatic heterocycles. The molecular formula is C83H114O18. The van der Waals surface area contributed by atoms with Crippen LogP contribution >= 0.6 is 0 Å². The molecule has 0 atom stereocenters. The maximum atomic E-state index is 12.8. The van der Waals surface area contributed by atoms with Gasteiger partial charge in [0.15, 0.2) is 0 Å². The summed E-state index contributed by atoms with van der Waals surface area (Å²) in [7, 11) is 3.69. The Morgan fingerprint density at radius 2 is 0.594 bits per heavy atom. The summed E-state index contributed by atoms with van der Waals surface area (Å²) >= 11 is 0. The molecule has 0 saturated carbocycles. The van der Waals surface area contributed by atoms with Gasteiger partial charge in [0.05, 0.1) is 74.2 Å². The zero-order valence-corrected chi connectivity index (χ0v) is 61.7. The molecule has 0 spiro atoms. The Kier molecular flexibility index (Phi) is 43.2. The summed E-state index contributed by atoms with van der Waals surface area (Å²) in [6.45, 7) is 15.6. The smallest absolute Gasteiger partial charge is 0.331 e. The third-order valence-electron chi connectivity index (χ3n) is 16.8. The predicted molar refractivity (Wildman–Crippen MR) is 393 cm³/mol. The number of methoxy groups -OCH3 is 3. The zero-order valence-electron chi connectivity index (χ0n) is 61.7. The van der Waals surface area contributed by atoms with Gasteiger partial charge in [-0.1, -0.05) is 167 Å². The van der Waals surface area contributed by atoms with Crippen molar-refractivity contribution >= 4 is 41.8 Å². The molecule has 0 bridgehead atoms. The number of rotatable bonds is 54. The van der Waals surface area contributed by atoms with E-state index in [2.05, 4.69) is 104 Å². The fourth-order valence-electron chi connectivity index (χ4n) is 11.5. The van der Waals surface area contributed by atoms with Crippen molar-refractivity contribution in [3.8, 4) is 23.0 Å². The topological polar surface area (TPSA) is 221 Å². The van der Waals surface area contributed by atoms with E-state index in [1.807, 2.05) is 6.07 Å². The van der Waals surface area contributed by atoms with E-state index in [1.54, 1.807) is 0 Å². The molecule has 0 amide bonds. The van der Waals surface area contributed by atoms with E-state index < -0.39 is 41.8 Å². The SMILES string of the molecule is C=CC(=O)OCCCOc1c(CC)cc(CCCCCC)cc1Cc1cc(CCCCCC)cc(Cc2cc(CCCCCC)cc(Cc3cc(CCCCCC)ccc3OCCCOC(=O)/C=C\C(=O)OC)c2OCCCOC(=O)/C=C\C(=O)OC)c1OCCCOC(=O)/C=C\C(=O)OC. The van der Waals surface area contributed by atoms with Gasteiger partial charge in [-0.3, -0.25) is 0 Å². The maximum Gasteiger partial charge on any atom is 0.331 e. The largest absolute Gasteiger partial charge is 0.493 e. The molecule has 0 N–H and O–H groups in total. The van der Waals surface area contributed by atoms with Crippen LogP contribution in [-0.2, 0) is 118 Å². The minimum Gasteiger partial charge on any atom is -0.493 e. The highest BCUT2D eigenvalue weighted by Gasteiger charge is 2.23. The third-order valence-corrected chi connectivity index (χ3v) is 16.8. The van der Waals surface area contributed by atoms with Crippen molar-refractivity contribution in [1.29, 1.82) is 0 Å². The Morgan fingerprint density at radius 1 is 0.307 bits per heavy atom. The summed E-state index contributed by atoms with van der Waals surface area (Å²) in [5.74, 6) is -1.76. The van der Waals surface area contributed by atoms with Gasteiger partial charge in [-0.15, -0.1) is 0 Å². The Labute approximate surface area is 601 Å². The first-order valence-corrected chi connectivity index (χ1v) is 36.8. The number of esters is 7. The minimum absolute atomic E-state index is 0.00588. The van der Waals surface area contributed by atoms with Crippen LogP contribution in [0.1, 0.15) is 224 Å². The molecular weight excluding hydrogens is 1280 g/mol. The van der Waals surface area contributed by atoms with Crippen molar-refractivity contribution in [1.82, 2.24) is 0 Å². The lowest BCUT2D eigenvalue weighted by Crippen LogP contribution is -2.13. The van der Waals surface area contributed by atoms with Crippen LogP contribution < -0.4 is 18.9 Å². The second-order valence-electron chi connectivity index (χ2n) is 25.0. The van der Waals surface area contributed by atoms with Gasteiger partial charge in [-0.2, -0.15) is 0 Å². The standard InChI is InChI=1S/C83H114O18/c1-10-16-20-24-32-62-36-37-73(94-44-28-46-96-78(88)41-38-75(85)91-7)67(52-62)59-68-55-64(34-26-22-18-12-3)56-71(82(68)100-50-30-47-97-79(89)42-39-76(86)92-8)61-72-58-65(35-27-23-19-13-4)57-70(83(72)101-51-31-48-98-80(90)43-40-77(87)93-9)60-69-54-63(33-25-21-17-11-2)53-66(14-5)81(69)99-49-29-45-95-74(84)15-6/h15,36-43,52-58H,6,10-14,16-35,44-51,59-61H2,1-5,7-9H3/b41-38-,42-39-,43-40-. The number of carbonyl (C=O) groups excluding carboxylic acids is 7. The zero-order chi connectivity index (χ0) is 73.2. The predicted octanol–water partition coefficient (Wildman–Crippen LogP) is 16.1. The molecule has 0 radical (unpaired) electrons. The summed E-state index contributed by atoms with van der Waals surface area (Å²) < 4.78 is 63.5. The van der Waals surface area contributed by atoms with Crippen molar-refractivity contribution in [3.05, 3.63) is 165 Å². The van der Waals surface area contributed by atoms with E-state index in [9.17, 15) is 33.6 Å².